The van der Waals surface area contributed by atoms with Crippen molar-refractivity contribution in [3.8, 4) is 12.1 Å². The number of halogens is 3. The van der Waals surface area contributed by atoms with Gasteiger partial charge in [0.1, 0.15) is 29.8 Å². The van der Waals surface area contributed by atoms with E-state index < -0.39 is 29.3 Å². The quantitative estimate of drug-likeness (QED) is 0.353. The summed E-state index contributed by atoms with van der Waals surface area (Å²) in [5, 5.41) is 12.5. The summed E-state index contributed by atoms with van der Waals surface area (Å²) < 4.78 is 49.7. The van der Waals surface area contributed by atoms with Gasteiger partial charge in [-0.25, -0.2) is 13.6 Å². The standard InChI is InChI=1S/C36H45ClF2N6O4/c1-34(2,3)49-33(46)42-27-15-26(37)24-8-4-11-36(29(24)30(27)39)17-28-25(20-48-36)31(44-12-5-7-22(18-40)9-14-44)43-32(41-28)47-21-35-10-6-13-45(35)19-23(38)16-35/h15,22-23H,4-14,16-17,19-21H2,1-3H3,(H,42,46)/t22-,23-,35+,36?/m1/s1. The van der Waals surface area contributed by atoms with Gasteiger partial charge in [0.25, 0.3) is 0 Å². The number of aromatic nitrogens is 2. The predicted molar refractivity (Wildman–Crippen MR) is 180 cm³/mol. The maximum Gasteiger partial charge on any atom is 0.412 e. The molecule has 5 aliphatic rings. The fraction of sp³-hybridized carbons (Fsp3) is 0.667. The molecule has 49 heavy (non-hydrogen) atoms. The Morgan fingerprint density at radius 2 is 2.02 bits per heavy atom. The highest BCUT2D eigenvalue weighted by atomic mass is 35.5. The van der Waals surface area contributed by atoms with Crippen molar-refractivity contribution in [3.05, 3.63) is 39.3 Å². The Balaban J connectivity index is 1.25. The zero-order chi connectivity index (χ0) is 34.6. The summed E-state index contributed by atoms with van der Waals surface area (Å²) >= 11 is 6.77. The normalized spacial score (nSPS) is 28.3. The van der Waals surface area contributed by atoms with Crippen LogP contribution in [0.3, 0.4) is 0 Å². The number of anilines is 2. The van der Waals surface area contributed by atoms with E-state index in [0.717, 1.165) is 57.2 Å². The van der Waals surface area contributed by atoms with E-state index in [-0.39, 0.29) is 42.8 Å². The average Bonchev–Trinajstić information content (AvgIpc) is 3.45. The van der Waals surface area contributed by atoms with Crippen molar-refractivity contribution in [2.75, 3.05) is 43.0 Å². The highest BCUT2D eigenvalue weighted by Crippen LogP contribution is 2.50. The minimum absolute atomic E-state index is 0.0173. The van der Waals surface area contributed by atoms with E-state index in [1.54, 1.807) is 20.8 Å². The van der Waals surface area contributed by atoms with Gasteiger partial charge in [0.2, 0.25) is 0 Å². The number of nitrogens with one attached hydrogen (secondary N) is 1. The molecule has 1 N–H and O–H groups in total. The van der Waals surface area contributed by atoms with Gasteiger partial charge in [0.15, 0.2) is 5.82 Å². The largest absolute Gasteiger partial charge is 0.461 e. The van der Waals surface area contributed by atoms with Crippen molar-refractivity contribution in [1.29, 1.82) is 5.26 Å². The van der Waals surface area contributed by atoms with Crippen LogP contribution in [-0.2, 0) is 34.5 Å². The Morgan fingerprint density at radius 3 is 2.82 bits per heavy atom. The zero-order valence-electron chi connectivity index (χ0n) is 28.5. The number of benzene rings is 1. The van der Waals surface area contributed by atoms with Gasteiger partial charge in [-0.15, -0.1) is 0 Å². The van der Waals surface area contributed by atoms with Crippen molar-refractivity contribution >= 4 is 29.2 Å². The van der Waals surface area contributed by atoms with Crippen LogP contribution in [0.15, 0.2) is 6.07 Å². The minimum atomic E-state index is -1.08. The number of alkyl halides is 1. The lowest BCUT2D eigenvalue weighted by atomic mass is 9.74. The molecule has 0 bridgehead atoms. The number of amides is 1. The third-order valence-corrected chi connectivity index (χ3v) is 11.2. The van der Waals surface area contributed by atoms with E-state index in [2.05, 4.69) is 21.2 Å². The molecular formula is C36H45ClF2N6O4. The second-order valence-corrected chi connectivity index (χ2v) is 15.8. The maximum atomic E-state index is 16.6. The van der Waals surface area contributed by atoms with Crippen molar-refractivity contribution in [2.45, 2.75) is 114 Å². The molecule has 2 aromatic rings. The van der Waals surface area contributed by atoms with Gasteiger partial charge in [-0.3, -0.25) is 10.2 Å². The summed E-state index contributed by atoms with van der Waals surface area (Å²) in [7, 11) is 0. The van der Waals surface area contributed by atoms with Crippen molar-refractivity contribution in [3.63, 3.8) is 0 Å². The first kappa shape index (κ1) is 34.2. The molecule has 4 aliphatic heterocycles. The van der Waals surface area contributed by atoms with Crippen molar-refractivity contribution < 1.29 is 27.8 Å². The summed E-state index contributed by atoms with van der Waals surface area (Å²) in [6.45, 7) is 8.30. The van der Waals surface area contributed by atoms with E-state index >= 15 is 4.39 Å². The molecule has 4 atom stereocenters. The summed E-state index contributed by atoms with van der Waals surface area (Å²) in [6, 6.07) is 4.08. The Bertz CT molecular complexity index is 1670. The van der Waals surface area contributed by atoms with Crippen molar-refractivity contribution in [2.24, 2.45) is 5.92 Å². The molecule has 1 unspecified atom stereocenters. The number of carbonyl (C=O) groups is 1. The smallest absolute Gasteiger partial charge is 0.412 e. The average molecular weight is 699 g/mol. The molecule has 0 radical (unpaired) electrons. The van der Waals surface area contributed by atoms with E-state index in [9.17, 15) is 14.4 Å². The summed E-state index contributed by atoms with van der Waals surface area (Å²) in [5.74, 6) is 0.0897. The molecule has 5 heterocycles. The van der Waals surface area contributed by atoms with Gasteiger partial charge in [-0.05, 0) is 90.3 Å². The zero-order valence-corrected chi connectivity index (χ0v) is 29.3. The van der Waals surface area contributed by atoms with Gasteiger partial charge >= 0.3 is 12.1 Å². The molecule has 10 nitrogen and oxygen atoms in total. The van der Waals surface area contributed by atoms with E-state index in [4.69, 9.17) is 35.8 Å². The first-order chi connectivity index (χ1) is 23.4. The van der Waals surface area contributed by atoms with Gasteiger partial charge in [-0.2, -0.15) is 15.2 Å². The van der Waals surface area contributed by atoms with E-state index in [0.29, 0.717) is 60.0 Å². The van der Waals surface area contributed by atoms with E-state index in [1.807, 2.05) is 0 Å². The van der Waals surface area contributed by atoms with Crippen LogP contribution >= 0.6 is 11.6 Å². The third kappa shape index (κ3) is 6.66. The second kappa shape index (κ2) is 13.1. The SMILES string of the molecule is CC(C)(C)OC(=O)Nc1cc(Cl)c2c(c1F)C1(CCC2)Cc2nc(OC[C@@]34CCCN3C[C@H](F)C4)nc(N3CCC[C@@H](C#N)CC3)c2CO1. The molecule has 3 saturated heterocycles. The van der Waals surface area contributed by atoms with Crippen LogP contribution in [0.25, 0.3) is 0 Å². The lowest BCUT2D eigenvalue weighted by Gasteiger charge is -2.43. The Morgan fingerprint density at radius 1 is 1.18 bits per heavy atom. The number of carbonyl (C=O) groups excluding carboxylic acids is 1. The molecule has 1 amide bonds. The van der Waals surface area contributed by atoms with Crippen LogP contribution in [0, 0.1) is 23.1 Å². The van der Waals surface area contributed by atoms with Crippen LogP contribution < -0.4 is 15.0 Å². The topological polar surface area (TPSA) is 113 Å². The van der Waals surface area contributed by atoms with Crippen molar-refractivity contribution in [1.82, 2.24) is 14.9 Å². The van der Waals surface area contributed by atoms with Crippen LogP contribution in [0.1, 0.15) is 94.5 Å². The molecule has 13 heteroatoms. The lowest BCUT2D eigenvalue weighted by Crippen LogP contribution is -2.44. The first-order valence-corrected chi connectivity index (χ1v) is 18.0. The van der Waals surface area contributed by atoms with Gasteiger partial charge in [0.05, 0.1) is 29.6 Å². The van der Waals surface area contributed by atoms with Crippen LogP contribution in [-0.4, -0.2) is 71.1 Å². The summed E-state index contributed by atoms with van der Waals surface area (Å²) in [4.78, 5) is 27.0. The molecule has 1 aromatic carbocycles. The summed E-state index contributed by atoms with van der Waals surface area (Å²) in [6.07, 6.45) is 5.10. The molecule has 7 rings (SSSR count). The number of hydrogen-bond donors (Lipinski definition) is 1. The van der Waals surface area contributed by atoms with Gasteiger partial charge < -0.3 is 19.1 Å². The number of ether oxygens (including phenoxy) is 3. The number of rotatable bonds is 5. The van der Waals surface area contributed by atoms with Crippen LogP contribution in [0.2, 0.25) is 5.02 Å². The number of nitrogens with zero attached hydrogens (tertiary/aromatic N) is 5. The fourth-order valence-electron chi connectivity index (χ4n) is 8.62. The van der Waals surface area contributed by atoms with Gasteiger partial charge in [0, 0.05) is 54.5 Å². The lowest BCUT2D eigenvalue weighted by molar-refractivity contribution is -0.0876. The Hall–Kier alpha value is -3.27. The maximum absolute atomic E-state index is 16.6. The molecule has 1 aromatic heterocycles. The van der Waals surface area contributed by atoms with Crippen LogP contribution in [0.5, 0.6) is 6.01 Å². The fourth-order valence-corrected chi connectivity index (χ4v) is 8.91. The van der Waals surface area contributed by atoms with E-state index in [1.165, 1.54) is 6.07 Å². The molecule has 264 valence electrons. The molecule has 1 spiro atoms. The summed E-state index contributed by atoms with van der Waals surface area (Å²) in [5.41, 5.74) is 0.228. The van der Waals surface area contributed by atoms with Gasteiger partial charge in [-0.1, -0.05) is 11.6 Å². The molecular weight excluding hydrogens is 654 g/mol. The second-order valence-electron chi connectivity index (χ2n) is 15.4. The van der Waals surface area contributed by atoms with Crippen LogP contribution in [0.4, 0.5) is 25.1 Å². The molecule has 1 aliphatic carbocycles. The first-order valence-electron chi connectivity index (χ1n) is 17.6. The Labute approximate surface area is 291 Å². The predicted octanol–water partition coefficient (Wildman–Crippen LogP) is 7.01. The highest BCUT2D eigenvalue weighted by Gasteiger charge is 2.50. The molecule has 0 saturated carbocycles. The number of nitriles is 1. The third-order valence-electron chi connectivity index (χ3n) is 10.9. The molecule has 3 fully saturated rings. The number of hydrogen-bond acceptors (Lipinski definition) is 9. The minimum Gasteiger partial charge on any atom is -0.461 e. The Kier molecular flexibility index (Phi) is 9.16. The monoisotopic (exact) mass is 698 g/mol. The number of fused-ring (bicyclic) bond motifs is 4. The highest BCUT2D eigenvalue weighted by molar-refractivity contribution is 6.31.